The van der Waals surface area contributed by atoms with Crippen LogP contribution in [0.1, 0.15) is 26.3 Å². The highest BCUT2D eigenvalue weighted by Crippen LogP contribution is 2.31. The van der Waals surface area contributed by atoms with Crippen LogP contribution in [0.15, 0.2) is 22.0 Å². The number of thiophene rings is 2. The highest BCUT2D eigenvalue weighted by molar-refractivity contribution is 9.11. The van der Waals surface area contributed by atoms with Gasteiger partial charge in [0.1, 0.15) is 0 Å². The largest absolute Gasteiger partial charge is 0.387 e. The van der Waals surface area contributed by atoms with E-state index < -0.39 is 0 Å². The molecule has 0 aliphatic carbocycles. The Kier molecular flexibility index (Phi) is 3.85. The summed E-state index contributed by atoms with van der Waals surface area (Å²) in [6, 6.07) is 6.18. The molecule has 16 heavy (non-hydrogen) atoms. The fourth-order valence-corrected chi connectivity index (χ4v) is 4.07. The van der Waals surface area contributed by atoms with Crippen LogP contribution in [-0.4, -0.2) is 5.11 Å². The highest BCUT2D eigenvalue weighted by Gasteiger charge is 2.13. The first kappa shape index (κ1) is 12.3. The van der Waals surface area contributed by atoms with E-state index in [0.29, 0.717) is 6.42 Å². The van der Waals surface area contributed by atoms with Crippen molar-refractivity contribution in [3.8, 4) is 0 Å². The minimum absolute atomic E-state index is 0.372. The van der Waals surface area contributed by atoms with Crippen LogP contribution >= 0.6 is 38.6 Å². The lowest BCUT2D eigenvalue weighted by Gasteiger charge is -2.05. The Morgan fingerprint density at radius 1 is 1.31 bits per heavy atom. The van der Waals surface area contributed by atoms with Crippen LogP contribution in [0, 0.1) is 13.8 Å². The molecule has 0 saturated heterocycles. The lowest BCUT2D eigenvalue weighted by Crippen LogP contribution is -1.97. The van der Waals surface area contributed by atoms with E-state index in [4.69, 9.17) is 0 Å². The van der Waals surface area contributed by atoms with E-state index in [0.717, 1.165) is 8.66 Å². The quantitative estimate of drug-likeness (QED) is 0.886. The summed E-state index contributed by atoms with van der Waals surface area (Å²) >= 11 is 6.81. The monoisotopic (exact) mass is 316 g/mol. The smallest absolute Gasteiger partial charge is 0.0930 e. The number of aliphatic hydroxyl groups excluding tert-OH is 1. The van der Waals surface area contributed by atoms with Gasteiger partial charge in [0.25, 0.3) is 0 Å². The maximum atomic E-state index is 10.1. The molecule has 0 aliphatic rings. The minimum Gasteiger partial charge on any atom is -0.387 e. The van der Waals surface area contributed by atoms with Gasteiger partial charge in [-0.1, -0.05) is 0 Å². The molecule has 0 fully saturated rings. The third kappa shape index (κ3) is 2.74. The highest BCUT2D eigenvalue weighted by atomic mass is 79.9. The zero-order valence-electron chi connectivity index (χ0n) is 9.16. The fourth-order valence-electron chi connectivity index (χ4n) is 1.52. The Hall–Kier alpha value is -0.160. The summed E-state index contributed by atoms with van der Waals surface area (Å²) in [5, 5.41) is 10.1. The van der Waals surface area contributed by atoms with Gasteiger partial charge in [-0.05, 0) is 53.5 Å². The van der Waals surface area contributed by atoms with Gasteiger partial charge in [0.05, 0.1) is 9.89 Å². The summed E-state index contributed by atoms with van der Waals surface area (Å²) in [7, 11) is 0. The molecule has 1 unspecified atom stereocenters. The van der Waals surface area contributed by atoms with Crippen molar-refractivity contribution in [2.45, 2.75) is 26.4 Å². The van der Waals surface area contributed by atoms with Crippen molar-refractivity contribution in [1.82, 2.24) is 0 Å². The third-order valence-electron chi connectivity index (χ3n) is 2.54. The SMILES string of the molecule is Cc1cc(C(O)Cc2ccc(Br)s2)sc1C. The Bertz CT molecular complexity index is 467. The van der Waals surface area contributed by atoms with E-state index in [1.54, 1.807) is 22.7 Å². The lowest BCUT2D eigenvalue weighted by atomic mass is 10.1. The topological polar surface area (TPSA) is 20.2 Å². The summed E-state index contributed by atoms with van der Waals surface area (Å²) in [5.41, 5.74) is 1.27. The van der Waals surface area contributed by atoms with Crippen LogP contribution < -0.4 is 0 Å². The molecule has 0 saturated carbocycles. The molecule has 2 heterocycles. The first-order chi connectivity index (χ1) is 7.56. The summed E-state index contributed by atoms with van der Waals surface area (Å²) in [6.07, 6.45) is 0.332. The molecule has 4 heteroatoms. The number of rotatable bonds is 3. The second-order valence-electron chi connectivity index (χ2n) is 3.81. The van der Waals surface area contributed by atoms with Crippen molar-refractivity contribution in [2.24, 2.45) is 0 Å². The van der Waals surface area contributed by atoms with Crippen LogP contribution in [-0.2, 0) is 6.42 Å². The molecule has 0 spiro atoms. The molecule has 1 N–H and O–H groups in total. The third-order valence-corrected chi connectivity index (χ3v) is 5.44. The fraction of sp³-hybridized carbons (Fsp3) is 0.333. The minimum atomic E-state index is -0.372. The predicted molar refractivity (Wildman–Crippen MR) is 74.5 cm³/mol. The van der Waals surface area contributed by atoms with E-state index in [1.807, 2.05) is 6.07 Å². The molecule has 0 aromatic carbocycles. The van der Waals surface area contributed by atoms with E-state index in [1.165, 1.54) is 15.3 Å². The molecule has 86 valence electrons. The standard InChI is InChI=1S/C12H13BrOS2/c1-7-5-11(15-8(7)2)10(14)6-9-3-4-12(13)16-9/h3-5,10,14H,6H2,1-2H3. The number of aryl methyl sites for hydroxylation is 2. The van der Waals surface area contributed by atoms with Crippen LogP contribution in [0.4, 0.5) is 0 Å². The molecular weight excluding hydrogens is 304 g/mol. The number of hydrogen-bond acceptors (Lipinski definition) is 3. The van der Waals surface area contributed by atoms with Gasteiger partial charge in [-0.15, -0.1) is 22.7 Å². The maximum Gasteiger partial charge on any atom is 0.0930 e. The number of hydrogen-bond donors (Lipinski definition) is 1. The number of halogens is 1. The summed E-state index contributed by atoms with van der Waals surface area (Å²) in [5.74, 6) is 0. The van der Waals surface area contributed by atoms with Gasteiger partial charge in [-0.25, -0.2) is 0 Å². The van der Waals surface area contributed by atoms with Crippen molar-refractivity contribution >= 4 is 38.6 Å². The van der Waals surface area contributed by atoms with E-state index in [9.17, 15) is 5.11 Å². The van der Waals surface area contributed by atoms with Crippen molar-refractivity contribution in [3.63, 3.8) is 0 Å². The normalized spacial score (nSPS) is 13.0. The van der Waals surface area contributed by atoms with Crippen molar-refractivity contribution in [2.75, 3.05) is 0 Å². The number of aliphatic hydroxyl groups is 1. The molecule has 2 aromatic rings. The van der Waals surface area contributed by atoms with Crippen LogP contribution in [0.3, 0.4) is 0 Å². The maximum absolute atomic E-state index is 10.1. The Morgan fingerprint density at radius 2 is 2.06 bits per heavy atom. The predicted octanol–water partition coefficient (Wildman–Crippen LogP) is 4.47. The van der Waals surface area contributed by atoms with E-state index in [2.05, 4.69) is 41.9 Å². The summed E-state index contributed by atoms with van der Waals surface area (Å²) in [6.45, 7) is 4.18. The van der Waals surface area contributed by atoms with Gasteiger partial charge >= 0.3 is 0 Å². The Morgan fingerprint density at radius 3 is 2.56 bits per heavy atom. The van der Waals surface area contributed by atoms with Gasteiger partial charge in [0.2, 0.25) is 0 Å². The van der Waals surface area contributed by atoms with Gasteiger partial charge in [-0.3, -0.25) is 0 Å². The molecular formula is C12H13BrOS2. The zero-order chi connectivity index (χ0) is 11.7. The molecule has 0 bridgehead atoms. The van der Waals surface area contributed by atoms with Crippen molar-refractivity contribution < 1.29 is 5.11 Å². The van der Waals surface area contributed by atoms with Gasteiger partial charge in [0, 0.05) is 21.1 Å². The van der Waals surface area contributed by atoms with E-state index in [-0.39, 0.29) is 6.10 Å². The average Bonchev–Trinajstić information content (AvgIpc) is 2.75. The molecule has 0 aliphatic heterocycles. The Labute approximate surface area is 112 Å². The summed E-state index contributed by atoms with van der Waals surface area (Å²) < 4.78 is 1.12. The van der Waals surface area contributed by atoms with Gasteiger partial charge < -0.3 is 5.11 Å². The van der Waals surface area contributed by atoms with Crippen LogP contribution in [0.5, 0.6) is 0 Å². The summed E-state index contributed by atoms with van der Waals surface area (Å²) in [4.78, 5) is 3.57. The zero-order valence-corrected chi connectivity index (χ0v) is 12.4. The Balaban J connectivity index is 2.11. The lowest BCUT2D eigenvalue weighted by molar-refractivity contribution is 0.183. The average molecular weight is 317 g/mol. The molecule has 0 amide bonds. The second-order valence-corrected chi connectivity index (χ2v) is 7.65. The van der Waals surface area contributed by atoms with Crippen LogP contribution in [0.25, 0.3) is 0 Å². The van der Waals surface area contributed by atoms with Gasteiger partial charge in [0.15, 0.2) is 0 Å². The molecule has 1 nitrogen and oxygen atoms in total. The van der Waals surface area contributed by atoms with Crippen molar-refractivity contribution in [1.29, 1.82) is 0 Å². The first-order valence-electron chi connectivity index (χ1n) is 5.05. The molecule has 2 aromatic heterocycles. The first-order valence-corrected chi connectivity index (χ1v) is 7.48. The van der Waals surface area contributed by atoms with Gasteiger partial charge in [-0.2, -0.15) is 0 Å². The van der Waals surface area contributed by atoms with Crippen molar-refractivity contribution in [3.05, 3.63) is 42.2 Å². The molecule has 2 rings (SSSR count). The molecule has 0 radical (unpaired) electrons. The van der Waals surface area contributed by atoms with Crippen LogP contribution in [0.2, 0.25) is 0 Å². The van der Waals surface area contributed by atoms with E-state index >= 15 is 0 Å². The molecule has 1 atom stereocenters. The second kappa shape index (κ2) is 5.00.